The lowest BCUT2D eigenvalue weighted by Gasteiger charge is -2.13. The van der Waals surface area contributed by atoms with Gasteiger partial charge in [-0.1, -0.05) is 13.0 Å². The summed E-state index contributed by atoms with van der Waals surface area (Å²) in [6, 6.07) is 3.21. The van der Waals surface area contributed by atoms with Gasteiger partial charge in [-0.2, -0.15) is 0 Å². The molecule has 0 bridgehead atoms. The quantitative estimate of drug-likeness (QED) is 0.782. The van der Waals surface area contributed by atoms with E-state index in [1.54, 1.807) is 13.0 Å². The zero-order valence-electron chi connectivity index (χ0n) is 8.09. The van der Waals surface area contributed by atoms with Crippen LogP contribution in [0.15, 0.2) is 12.1 Å². The zero-order chi connectivity index (χ0) is 10.1. The molecule has 1 aliphatic heterocycles. The van der Waals surface area contributed by atoms with Gasteiger partial charge >= 0.3 is 0 Å². The standard InChI is InChI=1S/C11H13FO2/c1-7(6-13)10-9(12)3-2-8-4-5-14-11(8)10/h2-3,7,13H,4-6H2,1H3. The Kier molecular flexibility index (Phi) is 2.42. The van der Waals surface area contributed by atoms with Gasteiger partial charge in [-0.3, -0.25) is 0 Å². The number of rotatable bonds is 2. The molecule has 1 unspecified atom stereocenters. The third-order valence-electron chi connectivity index (χ3n) is 2.61. The van der Waals surface area contributed by atoms with Gasteiger partial charge in [0.15, 0.2) is 0 Å². The second-order valence-electron chi connectivity index (χ2n) is 3.63. The summed E-state index contributed by atoms with van der Waals surface area (Å²) < 4.78 is 18.9. The molecule has 1 aliphatic rings. The average molecular weight is 196 g/mol. The van der Waals surface area contributed by atoms with E-state index in [-0.39, 0.29) is 18.3 Å². The van der Waals surface area contributed by atoms with Crippen molar-refractivity contribution in [1.82, 2.24) is 0 Å². The van der Waals surface area contributed by atoms with Crippen molar-refractivity contribution >= 4 is 0 Å². The van der Waals surface area contributed by atoms with E-state index in [0.29, 0.717) is 17.9 Å². The van der Waals surface area contributed by atoms with Gasteiger partial charge in [0.2, 0.25) is 0 Å². The first kappa shape index (κ1) is 9.46. The molecule has 2 rings (SSSR count). The molecule has 0 saturated heterocycles. The number of aliphatic hydroxyl groups excluding tert-OH is 1. The second-order valence-corrected chi connectivity index (χ2v) is 3.63. The van der Waals surface area contributed by atoms with Crippen LogP contribution in [0.3, 0.4) is 0 Å². The summed E-state index contributed by atoms with van der Waals surface area (Å²) in [5.74, 6) is 0.154. The number of aliphatic hydroxyl groups is 1. The summed E-state index contributed by atoms with van der Waals surface area (Å²) in [5, 5.41) is 9.02. The highest BCUT2D eigenvalue weighted by Gasteiger charge is 2.22. The Morgan fingerprint density at radius 2 is 2.36 bits per heavy atom. The lowest BCUT2D eigenvalue weighted by atomic mass is 9.97. The van der Waals surface area contributed by atoms with Crippen LogP contribution < -0.4 is 4.74 Å². The molecule has 0 fully saturated rings. The largest absolute Gasteiger partial charge is 0.493 e. The van der Waals surface area contributed by atoms with Crippen LogP contribution in [0, 0.1) is 5.82 Å². The molecular weight excluding hydrogens is 183 g/mol. The molecule has 0 radical (unpaired) electrons. The molecule has 1 aromatic rings. The number of benzene rings is 1. The van der Waals surface area contributed by atoms with E-state index < -0.39 is 0 Å². The van der Waals surface area contributed by atoms with Crippen LogP contribution >= 0.6 is 0 Å². The van der Waals surface area contributed by atoms with Crippen molar-refractivity contribution in [2.24, 2.45) is 0 Å². The monoisotopic (exact) mass is 196 g/mol. The van der Waals surface area contributed by atoms with Crippen LogP contribution in [0.25, 0.3) is 0 Å². The molecule has 0 spiro atoms. The SMILES string of the molecule is CC(CO)c1c(F)ccc2c1OCC2. The molecule has 0 saturated carbocycles. The van der Waals surface area contributed by atoms with E-state index >= 15 is 0 Å². The van der Waals surface area contributed by atoms with Gasteiger partial charge in [-0.25, -0.2) is 4.39 Å². The van der Waals surface area contributed by atoms with Crippen LogP contribution in [0.4, 0.5) is 4.39 Å². The van der Waals surface area contributed by atoms with Crippen LogP contribution in [-0.4, -0.2) is 18.3 Å². The smallest absolute Gasteiger partial charge is 0.130 e. The second kappa shape index (κ2) is 3.58. The van der Waals surface area contributed by atoms with Crippen molar-refractivity contribution in [2.75, 3.05) is 13.2 Å². The Morgan fingerprint density at radius 1 is 1.57 bits per heavy atom. The lowest BCUT2D eigenvalue weighted by molar-refractivity contribution is 0.265. The first-order valence-corrected chi connectivity index (χ1v) is 4.79. The molecule has 0 amide bonds. The summed E-state index contributed by atoms with van der Waals surface area (Å²) >= 11 is 0. The molecule has 2 nitrogen and oxygen atoms in total. The molecule has 76 valence electrons. The van der Waals surface area contributed by atoms with E-state index in [2.05, 4.69) is 0 Å². The fourth-order valence-electron chi connectivity index (χ4n) is 1.80. The van der Waals surface area contributed by atoms with Crippen LogP contribution in [0.2, 0.25) is 0 Å². The third kappa shape index (κ3) is 1.38. The fraction of sp³-hybridized carbons (Fsp3) is 0.455. The summed E-state index contributed by atoms with van der Waals surface area (Å²) in [7, 11) is 0. The van der Waals surface area contributed by atoms with Gasteiger partial charge in [-0.05, 0) is 11.6 Å². The first-order chi connectivity index (χ1) is 6.74. The Bertz CT molecular complexity index is 349. The molecule has 0 aliphatic carbocycles. The van der Waals surface area contributed by atoms with Gasteiger partial charge in [0.05, 0.1) is 6.61 Å². The molecule has 1 aromatic carbocycles. The molecule has 1 atom stereocenters. The van der Waals surface area contributed by atoms with Crippen LogP contribution in [0.5, 0.6) is 5.75 Å². The fourth-order valence-corrected chi connectivity index (χ4v) is 1.80. The maximum absolute atomic E-state index is 13.5. The third-order valence-corrected chi connectivity index (χ3v) is 2.61. The minimum Gasteiger partial charge on any atom is -0.493 e. The maximum atomic E-state index is 13.5. The minimum atomic E-state index is -0.285. The van der Waals surface area contributed by atoms with E-state index in [1.165, 1.54) is 6.07 Å². The molecule has 1 N–H and O–H groups in total. The summed E-state index contributed by atoms with van der Waals surface area (Å²) in [4.78, 5) is 0. The van der Waals surface area contributed by atoms with Crippen molar-refractivity contribution in [3.8, 4) is 5.75 Å². The summed E-state index contributed by atoms with van der Waals surface area (Å²) in [5.41, 5.74) is 1.56. The highest BCUT2D eigenvalue weighted by molar-refractivity contribution is 5.46. The number of hydrogen-bond acceptors (Lipinski definition) is 2. The van der Waals surface area contributed by atoms with Gasteiger partial charge in [0, 0.05) is 24.5 Å². The van der Waals surface area contributed by atoms with E-state index in [4.69, 9.17) is 9.84 Å². The predicted octanol–water partition coefficient (Wildman–Crippen LogP) is 1.86. The topological polar surface area (TPSA) is 29.5 Å². The number of ether oxygens (including phenoxy) is 1. The van der Waals surface area contributed by atoms with Crippen molar-refractivity contribution in [3.63, 3.8) is 0 Å². The van der Waals surface area contributed by atoms with Gasteiger partial charge in [0.25, 0.3) is 0 Å². The number of fused-ring (bicyclic) bond motifs is 1. The maximum Gasteiger partial charge on any atom is 0.130 e. The van der Waals surface area contributed by atoms with E-state index in [0.717, 1.165) is 12.0 Å². The Hall–Kier alpha value is -1.09. The Labute approximate surface area is 82.3 Å². The van der Waals surface area contributed by atoms with Gasteiger partial charge in [0.1, 0.15) is 11.6 Å². The normalized spacial score (nSPS) is 16.2. The van der Waals surface area contributed by atoms with Gasteiger partial charge < -0.3 is 9.84 Å². The highest BCUT2D eigenvalue weighted by Crippen LogP contribution is 2.35. The number of hydrogen-bond donors (Lipinski definition) is 1. The molecule has 14 heavy (non-hydrogen) atoms. The van der Waals surface area contributed by atoms with Crippen molar-refractivity contribution < 1.29 is 14.2 Å². The van der Waals surface area contributed by atoms with E-state index in [9.17, 15) is 4.39 Å². The number of halogens is 1. The highest BCUT2D eigenvalue weighted by atomic mass is 19.1. The lowest BCUT2D eigenvalue weighted by Crippen LogP contribution is -2.04. The molecule has 1 heterocycles. The average Bonchev–Trinajstić information content (AvgIpc) is 2.64. The molecule has 0 aromatic heterocycles. The van der Waals surface area contributed by atoms with Crippen LogP contribution in [0.1, 0.15) is 24.0 Å². The molecule has 3 heteroatoms. The Balaban J connectivity index is 2.51. The van der Waals surface area contributed by atoms with E-state index in [1.807, 2.05) is 0 Å². The first-order valence-electron chi connectivity index (χ1n) is 4.79. The van der Waals surface area contributed by atoms with Crippen molar-refractivity contribution in [3.05, 3.63) is 29.1 Å². The zero-order valence-corrected chi connectivity index (χ0v) is 8.09. The van der Waals surface area contributed by atoms with Crippen LogP contribution in [-0.2, 0) is 6.42 Å². The minimum absolute atomic E-state index is 0.0588. The molecular formula is C11H13FO2. The van der Waals surface area contributed by atoms with Gasteiger partial charge in [-0.15, -0.1) is 0 Å². The summed E-state index contributed by atoms with van der Waals surface area (Å²) in [6.45, 7) is 2.35. The predicted molar refractivity (Wildman–Crippen MR) is 51.1 cm³/mol. The van der Waals surface area contributed by atoms with Crippen molar-refractivity contribution in [1.29, 1.82) is 0 Å². The Morgan fingerprint density at radius 3 is 3.07 bits per heavy atom. The summed E-state index contributed by atoms with van der Waals surface area (Å²) in [6.07, 6.45) is 0.834. The van der Waals surface area contributed by atoms with Crippen molar-refractivity contribution in [2.45, 2.75) is 19.3 Å².